The summed E-state index contributed by atoms with van der Waals surface area (Å²) < 4.78 is 0. The van der Waals surface area contributed by atoms with Crippen LogP contribution in [0.4, 0.5) is 0 Å². The topological polar surface area (TPSA) is 75.3 Å². The van der Waals surface area contributed by atoms with Crippen LogP contribution in [-0.4, -0.2) is 23.1 Å². The van der Waals surface area contributed by atoms with Crippen LogP contribution < -0.4 is 11.1 Å². The standard InChI is InChI=1S/C14H22N2O2/c1-9(2)13(15)14(18)16-10(3)8-11-4-6-12(17)7-5-11/h4-7,9-10,13,17H,8,15H2,1-3H3,(H,16,18)/t10?,13-/m0/s1. The van der Waals surface area contributed by atoms with Crippen LogP contribution in [0.15, 0.2) is 24.3 Å². The maximum atomic E-state index is 11.8. The Hall–Kier alpha value is -1.55. The van der Waals surface area contributed by atoms with Crippen molar-refractivity contribution >= 4 is 5.91 Å². The zero-order chi connectivity index (χ0) is 13.7. The third kappa shape index (κ3) is 4.37. The normalized spacial score (nSPS) is 14.3. The average Bonchev–Trinajstić information content (AvgIpc) is 2.30. The number of carbonyl (C=O) groups is 1. The quantitative estimate of drug-likeness (QED) is 0.740. The molecule has 4 N–H and O–H groups in total. The van der Waals surface area contributed by atoms with Crippen molar-refractivity contribution in [2.24, 2.45) is 11.7 Å². The molecule has 0 fully saturated rings. The molecule has 0 aliphatic rings. The van der Waals surface area contributed by atoms with E-state index < -0.39 is 6.04 Å². The SMILES string of the molecule is CC(Cc1ccc(O)cc1)NC(=O)[C@@H](N)C(C)C. The lowest BCUT2D eigenvalue weighted by atomic mass is 10.0. The summed E-state index contributed by atoms with van der Waals surface area (Å²) in [6.45, 7) is 5.79. The number of rotatable bonds is 5. The summed E-state index contributed by atoms with van der Waals surface area (Å²) in [7, 11) is 0. The Balaban J connectivity index is 2.49. The molecule has 0 radical (unpaired) electrons. The second-order valence-electron chi connectivity index (χ2n) is 5.05. The minimum atomic E-state index is -0.465. The Bertz CT molecular complexity index is 387. The van der Waals surface area contributed by atoms with Gasteiger partial charge in [-0.25, -0.2) is 0 Å². The fourth-order valence-electron chi connectivity index (χ4n) is 1.68. The first kappa shape index (κ1) is 14.5. The number of carbonyl (C=O) groups excluding carboxylic acids is 1. The molecule has 0 aromatic heterocycles. The van der Waals surface area contributed by atoms with Gasteiger partial charge in [0.2, 0.25) is 5.91 Å². The summed E-state index contributed by atoms with van der Waals surface area (Å²) in [6.07, 6.45) is 0.719. The van der Waals surface area contributed by atoms with E-state index in [2.05, 4.69) is 5.32 Å². The lowest BCUT2D eigenvalue weighted by Gasteiger charge is -2.19. The summed E-state index contributed by atoms with van der Waals surface area (Å²) >= 11 is 0. The van der Waals surface area contributed by atoms with E-state index in [-0.39, 0.29) is 23.6 Å². The van der Waals surface area contributed by atoms with Crippen molar-refractivity contribution in [3.63, 3.8) is 0 Å². The van der Waals surface area contributed by atoms with Crippen molar-refractivity contribution < 1.29 is 9.90 Å². The predicted octanol–water partition coefficient (Wildman–Crippen LogP) is 1.42. The number of hydrogen-bond acceptors (Lipinski definition) is 3. The van der Waals surface area contributed by atoms with Crippen LogP contribution in [-0.2, 0) is 11.2 Å². The Kier molecular flexibility index (Phi) is 5.16. The van der Waals surface area contributed by atoms with Crippen molar-refractivity contribution in [2.45, 2.75) is 39.3 Å². The largest absolute Gasteiger partial charge is 0.508 e. The Morgan fingerprint density at radius 1 is 1.28 bits per heavy atom. The fraction of sp³-hybridized carbons (Fsp3) is 0.500. The van der Waals surface area contributed by atoms with Crippen molar-refractivity contribution in [3.8, 4) is 5.75 Å². The molecule has 1 rings (SSSR count). The van der Waals surface area contributed by atoms with Gasteiger partial charge in [-0.15, -0.1) is 0 Å². The number of nitrogens with two attached hydrogens (primary N) is 1. The molecule has 100 valence electrons. The number of phenolic OH excluding ortho intramolecular Hbond substituents is 1. The molecule has 1 unspecified atom stereocenters. The molecular formula is C14H22N2O2. The molecular weight excluding hydrogens is 228 g/mol. The molecule has 0 saturated heterocycles. The molecule has 1 aromatic rings. The molecule has 0 aliphatic heterocycles. The van der Waals surface area contributed by atoms with E-state index in [0.717, 1.165) is 12.0 Å². The van der Waals surface area contributed by atoms with E-state index in [4.69, 9.17) is 5.73 Å². The van der Waals surface area contributed by atoms with Gasteiger partial charge in [0.05, 0.1) is 6.04 Å². The lowest BCUT2D eigenvalue weighted by Crippen LogP contribution is -2.47. The third-order valence-corrected chi connectivity index (χ3v) is 2.89. The van der Waals surface area contributed by atoms with Gasteiger partial charge in [0.1, 0.15) is 5.75 Å². The third-order valence-electron chi connectivity index (χ3n) is 2.89. The molecule has 1 aromatic carbocycles. The number of nitrogens with one attached hydrogen (secondary N) is 1. The van der Waals surface area contributed by atoms with Crippen LogP contribution in [0.25, 0.3) is 0 Å². The van der Waals surface area contributed by atoms with Gasteiger partial charge in [0.25, 0.3) is 0 Å². The molecule has 0 aliphatic carbocycles. The highest BCUT2D eigenvalue weighted by Crippen LogP contribution is 2.11. The second kappa shape index (κ2) is 6.40. The molecule has 0 saturated carbocycles. The van der Waals surface area contributed by atoms with Crippen LogP contribution in [0.1, 0.15) is 26.3 Å². The highest BCUT2D eigenvalue weighted by molar-refractivity contribution is 5.82. The van der Waals surface area contributed by atoms with Gasteiger partial charge in [-0.05, 0) is 37.0 Å². The fourth-order valence-corrected chi connectivity index (χ4v) is 1.68. The summed E-state index contributed by atoms with van der Waals surface area (Å²) in [6, 6.07) is 6.54. The summed E-state index contributed by atoms with van der Waals surface area (Å²) in [4.78, 5) is 11.8. The van der Waals surface area contributed by atoms with E-state index >= 15 is 0 Å². The van der Waals surface area contributed by atoms with Gasteiger partial charge in [-0.1, -0.05) is 26.0 Å². The van der Waals surface area contributed by atoms with Crippen LogP contribution in [0, 0.1) is 5.92 Å². The van der Waals surface area contributed by atoms with Gasteiger partial charge in [-0.3, -0.25) is 4.79 Å². The lowest BCUT2D eigenvalue weighted by molar-refractivity contribution is -0.123. The number of phenols is 1. The highest BCUT2D eigenvalue weighted by Gasteiger charge is 2.18. The number of aromatic hydroxyl groups is 1. The monoisotopic (exact) mass is 250 g/mol. The summed E-state index contributed by atoms with van der Waals surface area (Å²) in [5.74, 6) is 0.263. The van der Waals surface area contributed by atoms with Crippen LogP contribution in [0.2, 0.25) is 0 Å². The van der Waals surface area contributed by atoms with E-state index in [1.54, 1.807) is 12.1 Å². The van der Waals surface area contributed by atoms with E-state index in [1.807, 2.05) is 32.9 Å². The van der Waals surface area contributed by atoms with E-state index in [9.17, 15) is 9.90 Å². The van der Waals surface area contributed by atoms with Crippen LogP contribution in [0.3, 0.4) is 0 Å². The molecule has 0 bridgehead atoms. The number of hydrogen-bond donors (Lipinski definition) is 3. The Morgan fingerprint density at radius 2 is 1.83 bits per heavy atom. The Labute approximate surface area is 108 Å². The van der Waals surface area contributed by atoms with Crippen molar-refractivity contribution in [2.75, 3.05) is 0 Å². The number of benzene rings is 1. The molecule has 4 nitrogen and oxygen atoms in total. The van der Waals surface area contributed by atoms with E-state index in [0.29, 0.717) is 0 Å². The summed E-state index contributed by atoms with van der Waals surface area (Å²) in [5.41, 5.74) is 6.84. The average molecular weight is 250 g/mol. The first-order valence-electron chi connectivity index (χ1n) is 6.24. The molecule has 0 spiro atoms. The van der Waals surface area contributed by atoms with Gasteiger partial charge in [0.15, 0.2) is 0 Å². The van der Waals surface area contributed by atoms with Crippen molar-refractivity contribution in [1.82, 2.24) is 5.32 Å². The first-order valence-corrected chi connectivity index (χ1v) is 6.24. The van der Waals surface area contributed by atoms with Gasteiger partial charge in [-0.2, -0.15) is 0 Å². The van der Waals surface area contributed by atoms with Crippen LogP contribution >= 0.6 is 0 Å². The van der Waals surface area contributed by atoms with Gasteiger partial charge < -0.3 is 16.2 Å². The number of amides is 1. The smallest absolute Gasteiger partial charge is 0.237 e. The summed E-state index contributed by atoms with van der Waals surface area (Å²) in [5, 5.41) is 12.1. The predicted molar refractivity (Wildman–Crippen MR) is 72.2 cm³/mol. The second-order valence-corrected chi connectivity index (χ2v) is 5.05. The molecule has 0 heterocycles. The van der Waals surface area contributed by atoms with Gasteiger partial charge >= 0.3 is 0 Å². The maximum Gasteiger partial charge on any atom is 0.237 e. The minimum Gasteiger partial charge on any atom is -0.508 e. The molecule has 1 amide bonds. The zero-order valence-corrected chi connectivity index (χ0v) is 11.2. The molecule has 18 heavy (non-hydrogen) atoms. The molecule has 2 atom stereocenters. The van der Waals surface area contributed by atoms with E-state index in [1.165, 1.54) is 0 Å². The van der Waals surface area contributed by atoms with Crippen molar-refractivity contribution in [1.29, 1.82) is 0 Å². The minimum absolute atomic E-state index is 0.0202. The maximum absolute atomic E-state index is 11.8. The first-order chi connectivity index (χ1) is 8.40. The van der Waals surface area contributed by atoms with Crippen molar-refractivity contribution in [3.05, 3.63) is 29.8 Å². The zero-order valence-electron chi connectivity index (χ0n) is 11.2. The Morgan fingerprint density at radius 3 is 2.33 bits per heavy atom. The highest BCUT2D eigenvalue weighted by atomic mass is 16.3. The van der Waals surface area contributed by atoms with Gasteiger partial charge in [0, 0.05) is 6.04 Å². The molecule has 4 heteroatoms. The van der Waals surface area contributed by atoms with Crippen LogP contribution in [0.5, 0.6) is 5.75 Å².